The number of hydrogen-bond donors (Lipinski definition) is 4. The molecule has 0 atom stereocenters. The Morgan fingerprint density at radius 2 is 1.18 bits per heavy atom. The lowest BCUT2D eigenvalue weighted by Crippen LogP contribution is -1.88. The number of halogens is 1. The van der Waals surface area contributed by atoms with Crippen LogP contribution in [0.3, 0.4) is 0 Å². The monoisotopic (exact) mass is 230 g/mol. The maximum Gasteiger partial charge on any atom is 0.466 e. The van der Waals surface area contributed by atoms with Gasteiger partial charge >= 0.3 is 7.82 Å². The molecule has 0 aromatic heterocycles. The zero-order valence-electron chi connectivity index (χ0n) is 5.28. The summed E-state index contributed by atoms with van der Waals surface area (Å²) in [5.74, 6) is 0. The summed E-state index contributed by atoms with van der Waals surface area (Å²) in [5, 5.41) is 0. The smallest absolute Gasteiger partial charge is 0.303 e. The third-order valence-electron chi connectivity index (χ3n) is 0. The Kier molecular flexibility index (Phi) is 9.33. The molecule has 0 unspecified atom stereocenters. The first kappa shape index (κ1) is 17.4. The molecule has 0 aliphatic carbocycles. The third kappa shape index (κ3) is 7410. The van der Waals surface area contributed by atoms with E-state index in [0.29, 0.717) is 6.26 Å². The SMILES string of the molecule is CS(=O)(=O)O.Cl.O=P(O)(O)O. The molecule has 10 heteroatoms. The molecule has 0 aromatic rings. The molecule has 0 fully saturated rings. The Morgan fingerprint density at radius 1 is 1.18 bits per heavy atom. The van der Waals surface area contributed by atoms with Crippen LogP contribution in [-0.2, 0) is 14.7 Å². The lowest BCUT2D eigenvalue weighted by atomic mass is 12.0. The molecular weight excluding hydrogens is 222 g/mol. The lowest BCUT2D eigenvalue weighted by molar-refractivity contribution is 0.275. The molecule has 11 heavy (non-hydrogen) atoms. The predicted molar refractivity (Wildman–Crippen MR) is 39.0 cm³/mol. The second-order valence-electron chi connectivity index (χ2n) is 1.25. The summed E-state index contributed by atoms with van der Waals surface area (Å²) in [6, 6.07) is 0. The largest absolute Gasteiger partial charge is 0.466 e. The van der Waals surface area contributed by atoms with Crippen LogP contribution in [0.5, 0.6) is 0 Å². The normalized spacial score (nSPS) is 10.6. The van der Waals surface area contributed by atoms with Gasteiger partial charge in [0.05, 0.1) is 6.26 Å². The second kappa shape index (κ2) is 5.90. The third-order valence-corrected chi connectivity index (χ3v) is 0. The van der Waals surface area contributed by atoms with Crippen LogP contribution in [0.1, 0.15) is 0 Å². The van der Waals surface area contributed by atoms with Crippen LogP contribution in [0.15, 0.2) is 0 Å². The molecule has 72 valence electrons. The standard InChI is InChI=1S/CH4O3S.ClH.H3O4P/c1-5(2,3)4;;1-5(2,3)4/h1H3,(H,2,3,4);1H;(H3,1,2,3,4). The van der Waals surface area contributed by atoms with Crippen LogP contribution in [0, 0.1) is 0 Å². The highest BCUT2D eigenvalue weighted by Crippen LogP contribution is 2.25. The van der Waals surface area contributed by atoms with Crippen LogP contribution in [-0.4, -0.2) is 33.9 Å². The molecule has 0 bridgehead atoms. The topological polar surface area (TPSA) is 132 Å². The van der Waals surface area contributed by atoms with Crippen molar-refractivity contribution in [3.05, 3.63) is 0 Å². The number of phosphoric acid groups is 1. The molecule has 0 amide bonds. The average Bonchev–Trinajstić information content (AvgIpc) is 1.12. The summed E-state index contributed by atoms with van der Waals surface area (Å²) < 4.78 is 34.8. The maximum atomic E-state index is 9.19. The molecule has 0 heterocycles. The van der Waals surface area contributed by atoms with E-state index in [1.807, 2.05) is 0 Å². The zero-order chi connectivity index (χ0) is 9.00. The van der Waals surface area contributed by atoms with Crippen molar-refractivity contribution < 1.29 is 32.2 Å². The van der Waals surface area contributed by atoms with Crippen LogP contribution in [0.4, 0.5) is 0 Å². The predicted octanol–water partition coefficient (Wildman–Crippen LogP) is -1.00. The van der Waals surface area contributed by atoms with Crippen molar-refractivity contribution in [1.29, 1.82) is 0 Å². The first-order valence-corrected chi connectivity index (χ1v) is 5.12. The number of hydrogen-bond acceptors (Lipinski definition) is 3. The quantitative estimate of drug-likeness (QED) is 0.310. The summed E-state index contributed by atoms with van der Waals surface area (Å²) in [5.41, 5.74) is 0. The van der Waals surface area contributed by atoms with Crippen LogP contribution in [0.2, 0.25) is 0 Å². The van der Waals surface area contributed by atoms with E-state index >= 15 is 0 Å². The van der Waals surface area contributed by atoms with E-state index in [1.54, 1.807) is 0 Å². The van der Waals surface area contributed by atoms with Gasteiger partial charge in [-0.25, -0.2) is 4.57 Å². The summed E-state index contributed by atoms with van der Waals surface area (Å²) in [4.78, 5) is 21.6. The van der Waals surface area contributed by atoms with Gasteiger partial charge in [-0.3, -0.25) is 4.55 Å². The van der Waals surface area contributed by atoms with E-state index in [2.05, 4.69) is 0 Å². The van der Waals surface area contributed by atoms with E-state index in [4.69, 9.17) is 23.8 Å². The Balaban J connectivity index is -0.000000107. The highest BCUT2D eigenvalue weighted by Gasteiger charge is 2.00. The minimum Gasteiger partial charge on any atom is -0.303 e. The van der Waals surface area contributed by atoms with Crippen molar-refractivity contribution in [3.63, 3.8) is 0 Å². The van der Waals surface area contributed by atoms with Crippen molar-refractivity contribution in [2.75, 3.05) is 6.26 Å². The second-order valence-corrected chi connectivity index (χ2v) is 3.74. The van der Waals surface area contributed by atoms with Crippen molar-refractivity contribution in [2.45, 2.75) is 0 Å². The van der Waals surface area contributed by atoms with Gasteiger partial charge in [-0.2, -0.15) is 8.42 Å². The van der Waals surface area contributed by atoms with Gasteiger partial charge in [0.15, 0.2) is 0 Å². The highest BCUT2D eigenvalue weighted by atomic mass is 35.5. The molecular formula is CH8ClO7PS. The van der Waals surface area contributed by atoms with E-state index < -0.39 is 17.9 Å². The molecule has 0 spiro atoms. The zero-order valence-corrected chi connectivity index (χ0v) is 7.80. The van der Waals surface area contributed by atoms with E-state index in [1.165, 1.54) is 0 Å². The summed E-state index contributed by atoms with van der Waals surface area (Å²) in [6.07, 6.45) is 0.715. The Labute approximate surface area is 69.5 Å². The van der Waals surface area contributed by atoms with Gasteiger partial charge in [0.2, 0.25) is 0 Å². The van der Waals surface area contributed by atoms with Gasteiger partial charge in [0.1, 0.15) is 0 Å². The fourth-order valence-corrected chi connectivity index (χ4v) is 0. The van der Waals surface area contributed by atoms with Gasteiger partial charge in [-0.05, 0) is 0 Å². The number of rotatable bonds is 0. The van der Waals surface area contributed by atoms with E-state index in [9.17, 15) is 8.42 Å². The summed E-state index contributed by atoms with van der Waals surface area (Å²) in [6.45, 7) is 0. The van der Waals surface area contributed by atoms with Crippen LogP contribution in [0.25, 0.3) is 0 Å². The summed E-state index contributed by atoms with van der Waals surface area (Å²) >= 11 is 0. The highest BCUT2D eigenvalue weighted by molar-refractivity contribution is 7.85. The molecule has 7 nitrogen and oxygen atoms in total. The first-order chi connectivity index (χ1) is 4.00. The van der Waals surface area contributed by atoms with Gasteiger partial charge in [-0.1, -0.05) is 0 Å². The Bertz CT molecular complexity index is 196. The molecule has 0 rings (SSSR count). The average molecular weight is 231 g/mol. The van der Waals surface area contributed by atoms with Gasteiger partial charge < -0.3 is 14.7 Å². The van der Waals surface area contributed by atoms with Crippen molar-refractivity contribution in [3.8, 4) is 0 Å². The van der Waals surface area contributed by atoms with Crippen molar-refractivity contribution in [1.82, 2.24) is 0 Å². The van der Waals surface area contributed by atoms with Gasteiger partial charge in [0.25, 0.3) is 10.1 Å². The molecule has 0 saturated carbocycles. The summed E-state index contributed by atoms with van der Waals surface area (Å²) in [7, 11) is -8.31. The van der Waals surface area contributed by atoms with Crippen LogP contribution < -0.4 is 0 Å². The molecule has 0 saturated heterocycles. The van der Waals surface area contributed by atoms with Crippen molar-refractivity contribution in [2.24, 2.45) is 0 Å². The molecule has 0 aliphatic rings. The van der Waals surface area contributed by atoms with Gasteiger partial charge in [0, 0.05) is 0 Å². The van der Waals surface area contributed by atoms with Crippen LogP contribution >= 0.6 is 20.2 Å². The molecule has 0 aliphatic heterocycles. The minimum absolute atomic E-state index is 0. The fourth-order valence-electron chi connectivity index (χ4n) is 0. The van der Waals surface area contributed by atoms with Crippen molar-refractivity contribution >= 4 is 30.3 Å². The molecule has 4 N–H and O–H groups in total. The minimum atomic E-state index is -4.64. The maximum absolute atomic E-state index is 9.19. The van der Waals surface area contributed by atoms with E-state index in [-0.39, 0.29) is 12.4 Å². The lowest BCUT2D eigenvalue weighted by Gasteiger charge is -1.82. The fraction of sp³-hybridized carbons (Fsp3) is 1.00. The molecule has 0 radical (unpaired) electrons. The Hall–Kier alpha value is 0.310. The first-order valence-electron chi connectivity index (χ1n) is 1.71. The Morgan fingerprint density at radius 3 is 1.18 bits per heavy atom. The van der Waals surface area contributed by atoms with E-state index in [0.717, 1.165) is 0 Å². The molecule has 0 aromatic carbocycles. The van der Waals surface area contributed by atoms with Gasteiger partial charge in [-0.15, -0.1) is 12.4 Å².